The summed E-state index contributed by atoms with van der Waals surface area (Å²) in [6, 6.07) is 5.76. The first kappa shape index (κ1) is 13.6. The molecule has 7 heteroatoms. The highest BCUT2D eigenvalue weighted by Crippen LogP contribution is 2.33. The van der Waals surface area contributed by atoms with Gasteiger partial charge >= 0.3 is 5.97 Å². The smallest absolute Gasteiger partial charge is 0.354 e. The molecule has 0 fully saturated rings. The summed E-state index contributed by atoms with van der Waals surface area (Å²) in [5, 5.41) is 4.85. The maximum Gasteiger partial charge on any atom is 0.354 e. The van der Waals surface area contributed by atoms with Crippen LogP contribution in [0.1, 0.15) is 16.6 Å². The minimum atomic E-state index is -0.413. The quantitative estimate of drug-likeness (QED) is 0.693. The predicted octanol–water partition coefficient (Wildman–Crippen LogP) is 2.64. The highest BCUT2D eigenvalue weighted by Gasteiger charge is 2.21. The standard InChI is InChI=1S/C14H13N3O3S/c1-3-20-14(18)11-12(19-2)16-13(21-11)9-5-7-17-10(8-9)4-6-15-17/h4-8H,3H2,1-2H3. The Morgan fingerprint density at radius 1 is 1.43 bits per heavy atom. The van der Waals surface area contributed by atoms with Crippen LogP contribution in [0.3, 0.4) is 0 Å². The van der Waals surface area contributed by atoms with Crippen LogP contribution in [-0.4, -0.2) is 34.3 Å². The molecule has 0 unspecified atom stereocenters. The Kier molecular flexibility index (Phi) is 3.57. The van der Waals surface area contributed by atoms with E-state index in [1.54, 1.807) is 17.6 Å². The van der Waals surface area contributed by atoms with Gasteiger partial charge in [0.1, 0.15) is 5.01 Å². The van der Waals surface area contributed by atoms with Crippen LogP contribution in [0, 0.1) is 0 Å². The number of thiazole rings is 1. The number of esters is 1. The number of pyridine rings is 1. The van der Waals surface area contributed by atoms with Gasteiger partial charge < -0.3 is 9.47 Å². The van der Waals surface area contributed by atoms with Crippen molar-refractivity contribution in [2.45, 2.75) is 6.92 Å². The van der Waals surface area contributed by atoms with Crippen molar-refractivity contribution < 1.29 is 14.3 Å². The summed E-state index contributed by atoms with van der Waals surface area (Å²) in [6.45, 7) is 2.08. The molecule has 21 heavy (non-hydrogen) atoms. The van der Waals surface area contributed by atoms with Crippen LogP contribution in [0.5, 0.6) is 5.88 Å². The van der Waals surface area contributed by atoms with E-state index in [0.29, 0.717) is 22.4 Å². The molecule has 0 aliphatic heterocycles. The van der Waals surface area contributed by atoms with Crippen LogP contribution in [0.4, 0.5) is 0 Å². The second-order valence-corrected chi connectivity index (χ2v) is 5.19. The van der Waals surface area contributed by atoms with Gasteiger partial charge in [-0.3, -0.25) is 0 Å². The van der Waals surface area contributed by atoms with Crippen molar-refractivity contribution in [3.05, 3.63) is 35.5 Å². The Morgan fingerprint density at radius 3 is 3.05 bits per heavy atom. The van der Waals surface area contributed by atoms with Gasteiger partial charge in [-0.05, 0) is 25.1 Å². The summed E-state index contributed by atoms with van der Waals surface area (Å²) < 4.78 is 11.9. The molecule has 0 saturated carbocycles. The van der Waals surface area contributed by atoms with Crippen molar-refractivity contribution in [1.29, 1.82) is 0 Å². The molecule has 0 aromatic carbocycles. The van der Waals surface area contributed by atoms with Gasteiger partial charge in [0.05, 0.1) is 19.2 Å². The Labute approximate surface area is 125 Å². The third-order valence-electron chi connectivity index (χ3n) is 2.90. The van der Waals surface area contributed by atoms with Gasteiger partial charge in [0.25, 0.3) is 0 Å². The van der Waals surface area contributed by atoms with E-state index in [1.807, 2.05) is 24.4 Å². The van der Waals surface area contributed by atoms with Crippen molar-refractivity contribution in [3.8, 4) is 16.5 Å². The molecule has 0 radical (unpaired) electrons. The van der Waals surface area contributed by atoms with Crippen LogP contribution in [0.25, 0.3) is 16.1 Å². The second-order valence-electron chi connectivity index (χ2n) is 4.19. The molecule has 3 aromatic heterocycles. The average Bonchev–Trinajstić information content (AvgIpc) is 3.13. The van der Waals surface area contributed by atoms with Crippen molar-refractivity contribution in [2.75, 3.05) is 13.7 Å². The first-order chi connectivity index (χ1) is 10.2. The lowest BCUT2D eigenvalue weighted by Crippen LogP contribution is -2.04. The van der Waals surface area contributed by atoms with E-state index in [0.717, 1.165) is 11.1 Å². The van der Waals surface area contributed by atoms with Gasteiger partial charge in [-0.25, -0.2) is 14.3 Å². The van der Waals surface area contributed by atoms with E-state index in [9.17, 15) is 4.79 Å². The third-order valence-corrected chi connectivity index (χ3v) is 3.96. The molecule has 6 nitrogen and oxygen atoms in total. The third kappa shape index (κ3) is 2.47. The molecule has 0 saturated heterocycles. The summed E-state index contributed by atoms with van der Waals surface area (Å²) in [4.78, 5) is 16.6. The average molecular weight is 303 g/mol. The zero-order valence-electron chi connectivity index (χ0n) is 11.6. The van der Waals surface area contributed by atoms with E-state index >= 15 is 0 Å². The van der Waals surface area contributed by atoms with E-state index in [1.165, 1.54) is 18.4 Å². The number of fused-ring (bicyclic) bond motifs is 1. The molecule has 0 atom stereocenters. The summed E-state index contributed by atoms with van der Waals surface area (Å²) >= 11 is 1.26. The van der Waals surface area contributed by atoms with Crippen LogP contribution in [0.2, 0.25) is 0 Å². The predicted molar refractivity (Wildman–Crippen MR) is 78.8 cm³/mol. The molecule has 0 spiro atoms. The maximum absolute atomic E-state index is 11.9. The van der Waals surface area contributed by atoms with Gasteiger partial charge in [-0.2, -0.15) is 5.10 Å². The molecular weight excluding hydrogens is 290 g/mol. The summed E-state index contributed by atoms with van der Waals surface area (Å²) in [7, 11) is 1.49. The molecule has 3 heterocycles. The van der Waals surface area contributed by atoms with Crippen LogP contribution >= 0.6 is 11.3 Å². The molecular formula is C14H13N3O3S. The largest absolute Gasteiger partial charge is 0.480 e. The zero-order valence-corrected chi connectivity index (χ0v) is 12.4. The number of rotatable bonds is 4. The minimum Gasteiger partial charge on any atom is -0.480 e. The van der Waals surface area contributed by atoms with Crippen molar-refractivity contribution >= 4 is 22.8 Å². The van der Waals surface area contributed by atoms with E-state index in [4.69, 9.17) is 9.47 Å². The van der Waals surface area contributed by atoms with Gasteiger partial charge in [0.15, 0.2) is 4.88 Å². The topological polar surface area (TPSA) is 65.7 Å². The number of nitrogens with zero attached hydrogens (tertiary/aromatic N) is 3. The normalized spacial score (nSPS) is 10.8. The molecule has 108 valence electrons. The van der Waals surface area contributed by atoms with Crippen LogP contribution in [0.15, 0.2) is 30.6 Å². The highest BCUT2D eigenvalue weighted by atomic mass is 32.1. The molecule has 0 N–H and O–H groups in total. The van der Waals surface area contributed by atoms with Crippen LogP contribution in [-0.2, 0) is 4.74 Å². The number of carbonyl (C=O) groups is 1. The lowest BCUT2D eigenvalue weighted by atomic mass is 10.2. The number of carbonyl (C=O) groups excluding carboxylic acids is 1. The van der Waals surface area contributed by atoms with Crippen molar-refractivity contribution in [3.63, 3.8) is 0 Å². The molecule has 0 bridgehead atoms. The van der Waals surface area contributed by atoms with Crippen molar-refractivity contribution in [1.82, 2.24) is 14.6 Å². The molecule has 0 aliphatic carbocycles. The van der Waals surface area contributed by atoms with E-state index in [-0.39, 0.29) is 0 Å². The Balaban J connectivity index is 2.03. The Hall–Kier alpha value is -2.41. The Bertz CT molecular complexity index is 794. The maximum atomic E-state index is 11.9. The fraction of sp³-hybridized carbons (Fsp3) is 0.214. The number of methoxy groups -OCH3 is 1. The number of hydrogen-bond acceptors (Lipinski definition) is 6. The van der Waals surface area contributed by atoms with Crippen LogP contribution < -0.4 is 4.74 Å². The lowest BCUT2D eigenvalue weighted by molar-refractivity contribution is 0.0528. The summed E-state index contributed by atoms with van der Waals surface area (Å²) in [5.74, 6) is -0.120. The minimum absolute atomic E-state index is 0.293. The lowest BCUT2D eigenvalue weighted by Gasteiger charge is -1.99. The number of aromatic nitrogens is 3. The molecule has 3 aromatic rings. The fourth-order valence-electron chi connectivity index (χ4n) is 1.95. The summed E-state index contributed by atoms with van der Waals surface area (Å²) in [6.07, 6.45) is 3.58. The first-order valence-electron chi connectivity index (χ1n) is 6.38. The molecule has 0 amide bonds. The van der Waals surface area contributed by atoms with E-state index in [2.05, 4.69) is 10.1 Å². The SMILES string of the molecule is CCOC(=O)c1sc(-c2ccn3nccc3c2)nc1OC. The zero-order chi connectivity index (χ0) is 14.8. The van der Waals surface area contributed by atoms with Crippen molar-refractivity contribution in [2.24, 2.45) is 0 Å². The molecule has 0 aliphatic rings. The molecule has 3 rings (SSSR count). The first-order valence-corrected chi connectivity index (χ1v) is 7.20. The van der Waals surface area contributed by atoms with Gasteiger partial charge in [-0.15, -0.1) is 11.3 Å². The second kappa shape index (κ2) is 5.53. The van der Waals surface area contributed by atoms with Gasteiger partial charge in [0, 0.05) is 18.0 Å². The highest BCUT2D eigenvalue weighted by molar-refractivity contribution is 7.17. The fourth-order valence-corrected chi connectivity index (χ4v) is 2.87. The van der Waals surface area contributed by atoms with E-state index < -0.39 is 5.97 Å². The van der Waals surface area contributed by atoms with Gasteiger partial charge in [-0.1, -0.05) is 0 Å². The number of ether oxygens (including phenoxy) is 2. The van der Waals surface area contributed by atoms with Gasteiger partial charge in [0.2, 0.25) is 5.88 Å². The Morgan fingerprint density at radius 2 is 2.29 bits per heavy atom. The summed E-state index contributed by atoms with van der Waals surface area (Å²) in [5.41, 5.74) is 1.86. The monoisotopic (exact) mass is 303 g/mol. The number of hydrogen-bond donors (Lipinski definition) is 0.